The number of rotatable bonds is 3. The third-order valence-corrected chi connectivity index (χ3v) is 6.32. The SMILES string of the molecule is Cc1cc(Cl)ccc1S(=O)(=O)N1CCCC1c1ccncc1. The number of benzene rings is 1. The standard InChI is InChI=1S/C16H17ClN2O2S/c1-12-11-14(17)4-5-16(12)22(20,21)19-10-2-3-15(19)13-6-8-18-9-7-13/h4-9,11,15H,2-3,10H2,1H3. The van der Waals surface area contributed by atoms with E-state index in [1.807, 2.05) is 12.1 Å². The number of halogens is 1. The van der Waals surface area contributed by atoms with E-state index in [0.717, 1.165) is 18.4 Å². The quantitative estimate of drug-likeness (QED) is 0.861. The van der Waals surface area contributed by atoms with E-state index < -0.39 is 10.0 Å². The second-order valence-corrected chi connectivity index (χ2v) is 7.76. The summed E-state index contributed by atoms with van der Waals surface area (Å²) in [5.41, 5.74) is 1.66. The Bertz CT molecular complexity index is 778. The maximum Gasteiger partial charge on any atom is 0.243 e. The third kappa shape index (κ3) is 2.76. The molecule has 0 bridgehead atoms. The highest BCUT2D eigenvalue weighted by atomic mass is 35.5. The first-order valence-corrected chi connectivity index (χ1v) is 9.00. The van der Waals surface area contributed by atoms with Gasteiger partial charge in [-0.05, 0) is 61.2 Å². The van der Waals surface area contributed by atoms with E-state index in [4.69, 9.17) is 11.6 Å². The van der Waals surface area contributed by atoms with Crippen molar-refractivity contribution in [2.45, 2.75) is 30.7 Å². The van der Waals surface area contributed by atoms with Crippen LogP contribution in [0.15, 0.2) is 47.6 Å². The van der Waals surface area contributed by atoms with Gasteiger partial charge in [-0.15, -0.1) is 0 Å². The summed E-state index contributed by atoms with van der Waals surface area (Å²) in [5.74, 6) is 0. The number of aromatic nitrogens is 1. The zero-order chi connectivity index (χ0) is 15.7. The van der Waals surface area contributed by atoms with Gasteiger partial charge in [-0.25, -0.2) is 8.42 Å². The zero-order valence-electron chi connectivity index (χ0n) is 12.2. The highest BCUT2D eigenvalue weighted by Crippen LogP contribution is 2.37. The first-order chi connectivity index (χ1) is 10.5. The number of hydrogen-bond acceptors (Lipinski definition) is 3. The molecule has 0 spiro atoms. The molecule has 1 aromatic heterocycles. The predicted molar refractivity (Wildman–Crippen MR) is 86.3 cm³/mol. The van der Waals surface area contributed by atoms with Gasteiger partial charge in [0.2, 0.25) is 10.0 Å². The van der Waals surface area contributed by atoms with E-state index in [1.165, 1.54) is 0 Å². The van der Waals surface area contributed by atoms with E-state index in [9.17, 15) is 8.42 Å². The lowest BCUT2D eigenvalue weighted by Gasteiger charge is -2.25. The van der Waals surface area contributed by atoms with Gasteiger partial charge in [0.05, 0.1) is 10.9 Å². The maximum absolute atomic E-state index is 13.0. The first kappa shape index (κ1) is 15.5. The predicted octanol–water partition coefficient (Wildman–Crippen LogP) is 3.57. The number of pyridine rings is 1. The number of sulfonamides is 1. The van der Waals surface area contributed by atoms with Gasteiger partial charge in [0, 0.05) is 24.0 Å². The van der Waals surface area contributed by atoms with Crippen LogP contribution in [0.3, 0.4) is 0 Å². The molecule has 116 valence electrons. The van der Waals surface area contributed by atoms with Crippen molar-refractivity contribution in [1.82, 2.24) is 9.29 Å². The van der Waals surface area contributed by atoms with Crippen molar-refractivity contribution in [2.75, 3.05) is 6.54 Å². The Balaban J connectivity index is 2.01. The Morgan fingerprint density at radius 2 is 1.95 bits per heavy atom. The molecule has 1 aliphatic heterocycles. The van der Waals surface area contributed by atoms with Gasteiger partial charge >= 0.3 is 0 Å². The molecule has 0 aliphatic carbocycles. The highest BCUT2D eigenvalue weighted by Gasteiger charge is 2.36. The van der Waals surface area contributed by atoms with E-state index in [2.05, 4.69) is 4.98 Å². The first-order valence-electron chi connectivity index (χ1n) is 7.18. The summed E-state index contributed by atoms with van der Waals surface area (Å²) in [7, 11) is -3.53. The van der Waals surface area contributed by atoms with Gasteiger partial charge in [-0.1, -0.05) is 11.6 Å². The van der Waals surface area contributed by atoms with Crippen LogP contribution in [0.5, 0.6) is 0 Å². The molecule has 1 aliphatic rings. The molecule has 0 N–H and O–H groups in total. The Morgan fingerprint density at radius 1 is 1.23 bits per heavy atom. The Labute approximate surface area is 135 Å². The fraction of sp³-hybridized carbons (Fsp3) is 0.312. The summed E-state index contributed by atoms with van der Waals surface area (Å²) in [4.78, 5) is 4.33. The van der Waals surface area contributed by atoms with Crippen LogP contribution in [-0.4, -0.2) is 24.3 Å². The van der Waals surface area contributed by atoms with Crippen molar-refractivity contribution in [3.8, 4) is 0 Å². The van der Waals surface area contributed by atoms with Gasteiger partial charge in [-0.2, -0.15) is 4.31 Å². The topological polar surface area (TPSA) is 50.3 Å². The Hall–Kier alpha value is -1.43. The van der Waals surface area contributed by atoms with Crippen molar-refractivity contribution in [1.29, 1.82) is 0 Å². The van der Waals surface area contributed by atoms with Gasteiger partial charge in [0.1, 0.15) is 0 Å². The molecule has 0 saturated carbocycles. The van der Waals surface area contributed by atoms with Crippen LogP contribution in [0.4, 0.5) is 0 Å². The average molecular weight is 337 g/mol. The largest absolute Gasteiger partial charge is 0.265 e. The van der Waals surface area contributed by atoms with E-state index in [1.54, 1.807) is 41.8 Å². The monoisotopic (exact) mass is 336 g/mol. The maximum atomic E-state index is 13.0. The van der Waals surface area contributed by atoms with Crippen molar-refractivity contribution >= 4 is 21.6 Å². The molecular weight excluding hydrogens is 320 g/mol. The minimum Gasteiger partial charge on any atom is -0.265 e. The molecule has 2 aromatic rings. The van der Waals surface area contributed by atoms with Crippen LogP contribution in [-0.2, 0) is 10.0 Å². The van der Waals surface area contributed by atoms with Gasteiger partial charge in [0.25, 0.3) is 0 Å². The summed E-state index contributed by atoms with van der Waals surface area (Å²) in [6.07, 6.45) is 5.09. The van der Waals surface area contributed by atoms with Crippen molar-refractivity contribution in [3.63, 3.8) is 0 Å². The number of aryl methyl sites for hydroxylation is 1. The lowest BCUT2D eigenvalue weighted by molar-refractivity contribution is 0.396. The summed E-state index contributed by atoms with van der Waals surface area (Å²) in [6.45, 7) is 2.31. The second kappa shape index (κ2) is 5.99. The summed E-state index contributed by atoms with van der Waals surface area (Å²) in [6, 6.07) is 8.54. The molecule has 4 nitrogen and oxygen atoms in total. The van der Waals surface area contributed by atoms with E-state index >= 15 is 0 Å². The summed E-state index contributed by atoms with van der Waals surface area (Å²) in [5, 5.41) is 0.545. The minimum absolute atomic E-state index is 0.122. The number of hydrogen-bond donors (Lipinski definition) is 0. The van der Waals surface area contributed by atoms with Crippen LogP contribution < -0.4 is 0 Å². The molecule has 3 rings (SSSR count). The molecule has 0 radical (unpaired) electrons. The molecule has 2 heterocycles. The van der Waals surface area contributed by atoms with Gasteiger partial charge in [-0.3, -0.25) is 4.98 Å². The molecule has 1 aromatic carbocycles. The second-order valence-electron chi connectivity index (χ2n) is 5.46. The Morgan fingerprint density at radius 3 is 2.64 bits per heavy atom. The smallest absolute Gasteiger partial charge is 0.243 e. The van der Waals surface area contributed by atoms with Crippen LogP contribution in [0.2, 0.25) is 5.02 Å². The molecule has 0 amide bonds. The normalized spacial score (nSPS) is 19.5. The third-order valence-electron chi connectivity index (χ3n) is 4.02. The molecule has 22 heavy (non-hydrogen) atoms. The fourth-order valence-electron chi connectivity index (χ4n) is 2.98. The molecular formula is C16H17ClN2O2S. The van der Waals surface area contributed by atoms with Gasteiger partial charge < -0.3 is 0 Å². The van der Waals surface area contributed by atoms with Crippen molar-refractivity contribution in [3.05, 3.63) is 58.9 Å². The summed E-state index contributed by atoms with van der Waals surface area (Å²) < 4.78 is 27.6. The molecule has 1 saturated heterocycles. The van der Waals surface area contributed by atoms with E-state index in [0.29, 0.717) is 22.0 Å². The average Bonchev–Trinajstić information content (AvgIpc) is 2.98. The van der Waals surface area contributed by atoms with Crippen molar-refractivity contribution < 1.29 is 8.42 Å². The molecule has 1 atom stereocenters. The van der Waals surface area contributed by atoms with E-state index in [-0.39, 0.29) is 6.04 Å². The zero-order valence-corrected chi connectivity index (χ0v) is 13.8. The molecule has 1 fully saturated rings. The van der Waals surface area contributed by atoms with Crippen LogP contribution in [0, 0.1) is 6.92 Å². The minimum atomic E-state index is -3.53. The lowest BCUT2D eigenvalue weighted by atomic mass is 10.1. The van der Waals surface area contributed by atoms with Crippen molar-refractivity contribution in [2.24, 2.45) is 0 Å². The van der Waals surface area contributed by atoms with Crippen LogP contribution in [0.1, 0.15) is 30.0 Å². The Kier molecular flexibility index (Phi) is 4.21. The fourth-order valence-corrected chi connectivity index (χ4v) is 5.09. The lowest BCUT2D eigenvalue weighted by Crippen LogP contribution is -2.31. The summed E-state index contributed by atoms with van der Waals surface area (Å²) >= 11 is 5.94. The number of nitrogens with zero attached hydrogens (tertiary/aromatic N) is 2. The van der Waals surface area contributed by atoms with Gasteiger partial charge in [0.15, 0.2) is 0 Å². The molecule has 6 heteroatoms. The molecule has 1 unspecified atom stereocenters. The highest BCUT2D eigenvalue weighted by molar-refractivity contribution is 7.89. The van der Waals surface area contributed by atoms with Crippen LogP contribution in [0.25, 0.3) is 0 Å². The van der Waals surface area contributed by atoms with Crippen LogP contribution >= 0.6 is 11.6 Å².